The zero-order chi connectivity index (χ0) is 58.6. The van der Waals surface area contributed by atoms with Crippen LogP contribution in [0.2, 0.25) is 0 Å². The highest BCUT2D eigenvalue weighted by molar-refractivity contribution is 6.23. The van der Waals surface area contributed by atoms with E-state index in [0.717, 1.165) is 37.9 Å². The Morgan fingerprint density at radius 1 is 0.519 bits per heavy atom. The van der Waals surface area contributed by atoms with Gasteiger partial charge in [-0.05, 0) is 57.1 Å². The second-order valence-corrected chi connectivity index (χ2v) is 20.2. The molecule has 1 unspecified atom stereocenters. The number of nitrogens with one attached hydrogen (secondary N) is 1. The number of aliphatic hydroxyl groups is 6. The van der Waals surface area contributed by atoms with Crippen LogP contribution in [0.15, 0.2) is 84.6 Å². The van der Waals surface area contributed by atoms with E-state index in [1.54, 1.807) is 0 Å². The van der Waals surface area contributed by atoms with Crippen molar-refractivity contribution in [3.63, 3.8) is 0 Å². The van der Waals surface area contributed by atoms with Gasteiger partial charge in [0.05, 0.1) is 25.2 Å². The molecule has 81 heavy (non-hydrogen) atoms. The number of guanidine groups is 6. The fraction of sp³-hybridized carbons (Fsp3) is 0.531. The molecule has 3 saturated heterocycles. The van der Waals surface area contributed by atoms with Crippen LogP contribution in [0, 0.1) is 0 Å². The molecule has 1 aliphatic carbocycles. The van der Waals surface area contributed by atoms with E-state index in [1.165, 1.54) is 0 Å². The van der Waals surface area contributed by atoms with Crippen molar-refractivity contribution in [2.75, 3.05) is 19.6 Å². The summed E-state index contributed by atoms with van der Waals surface area (Å²) < 4.78 is 37.5. The van der Waals surface area contributed by atoms with Crippen LogP contribution in [0.1, 0.15) is 24.8 Å². The van der Waals surface area contributed by atoms with Crippen LogP contribution >= 0.6 is 0 Å². The molecule has 4 aromatic rings. The molecule has 3 heterocycles. The molecule has 8 rings (SSSR count). The Morgan fingerprint density at radius 2 is 1.07 bits per heavy atom. The third-order valence-electron chi connectivity index (χ3n) is 14.5. The SMILES string of the molecule is NC(N)=NC[C@H]1O[C@H](O[C@H]2[C@H](OC3O[C@H](CNC(=O)CCCc4ccc5ccc6cccc7ccc4c5c67)[C@@H](O[C@@H]4[C@H](N=C(N)N)[C@H](O)[C@@H](CN=C(N)N)O[C@@H]4O)[C@H]3O)[C@@H](O)[C@H](N=C(N)N)C[C@@H]2N=C(N)N)[C@H](N=C(N)N)[C@@H](O)[C@@H]1O. The van der Waals surface area contributed by atoms with Crippen LogP contribution in [0.5, 0.6) is 0 Å². The molecule has 31 N–H and O–H groups in total. The zero-order valence-corrected chi connectivity index (χ0v) is 43.8. The van der Waals surface area contributed by atoms with Gasteiger partial charge >= 0.3 is 0 Å². The van der Waals surface area contributed by atoms with E-state index >= 15 is 0 Å². The van der Waals surface area contributed by atoms with Crippen LogP contribution in [0.3, 0.4) is 0 Å². The number of hydrogen-bond donors (Lipinski definition) is 19. The largest absolute Gasteiger partial charge is 0.388 e. The summed E-state index contributed by atoms with van der Waals surface area (Å²) in [5, 5.41) is 79.6. The van der Waals surface area contributed by atoms with Crippen molar-refractivity contribution < 1.29 is 63.9 Å². The summed E-state index contributed by atoms with van der Waals surface area (Å²) in [7, 11) is 0. The Kier molecular flexibility index (Phi) is 18.8. The van der Waals surface area contributed by atoms with E-state index in [0.29, 0.717) is 12.8 Å². The molecule has 0 aromatic heterocycles. The average molecular weight is 1140 g/mol. The van der Waals surface area contributed by atoms with Gasteiger partial charge in [-0.15, -0.1) is 0 Å². The second kappa shape index (κ2) is 25.5. The number of aryl methyl sites for hydroxylation is 1. The first-order chi connectivity index (χ1) is 38.5. The maximum absolute atomic E-state index is 13.8. The fourth-order valence-corrected chi connectivity index (χ4v) is 10.9. The molecule has 3 aliphatic heterocycles. The van der Waals surface area contributed by atoms with Crippen molar-refractivity contribution >= 4 is 74.0 Å². The van der Waals surface area contributed by atoms with Gasteiger partial charge in [0.1, 0.15) is 85.3 Å². The predicted octanol–water partition coefficient (Wildman–Crippen LogP) is -7.96. The first-order valence-electron chi connectivity index (χ1n) is 25.9. The molecule has 32 nitrogen and oxygen atoms in total. The summed E-state index contributed by atoms with van der Waals surface area (Å²) in [6, 6.07) is 13.1. The molecule has 1 saturated carbocycles. The summed E-state index contributed by atoms with van der Waals surface area (Å²) in [5.41, 5.74) is 69.8. The minimum atomic E-state index is -1.93. The number of aliphatic imine (C=N–C) groups is 6. The number of rotatable bonds is 20. The highest BCUT2D eigenvalue weighted by Crippen LogP contribution is 2.39. The molecule has 19 atom stereocenters. The molecular formula is C49H73N19O13. The second-order valence-electron chi connectivity index (χ2n) is 20.2. The maximum Gasteiger partial charge on any atom is 0.220 e. The lowest BCUT2D eigenvalue weighted by Gasteiger charge is -2.47. The zero-order valence-electron chi connectivity index (χ0n) is 43.8. The van der Waals surface area contributed by atoms with Crippen molar-refractivity contribution in [1.29, 1.82) is 0 Å². The lowest BCUT2D eigenvalue weighted by molar-refractivity contribution is -0.306. The number of hydrogen-bond acceptors (Lipinski definition) is 19. The number of amides is 1. The van der Waals surface area contributed by atoms with Gasteiger partial charge in [0.2, 0.25) is 5.91 Å². The summed E-state index contributed by atoms with van der Waals surface area (Å²) in [5.74, 6) is -3.18. The Labute approximate surface area is 462 Å². The van der Waals surface area contributed by atoms with Crippen molar-refractivity contribution in [3.8, 4) is 0 Å². The summed E-state index contributed by atoms with van der Waals surface area (Å²) in [6.07, 6.45) is -24.2. The van der Waals surface area contributed by atoms with Crippen LogP contribution < -0.4 is 74.1 Å². The number of carbonyl (C=O) groups excluding carboxylic acids is 1. The number of aliphatic hydroxyl groups excluding tert-OH is 6. The first-order valence-corrected chi connectivity index (χ1v) is 25.9. The van der Waals surface area contributed by atoms with Gasteiger partial charge in [0, 0.05) is 13.0 Å². The molecule has 4 fully saturated rings. The lowest BCUT2D eigenvalue weighted by atomic mass is 9.83. The number of benzene rings is 4. The molecule has 442 valence electrons. The van der Waals surface area contributed by atoms with E-state index in [1.807, 2.05) is 6.07 Å². The maximum atomic E-state index is 13.8. The van der Waals surface area contributed by atoms with Crippen molar-refractivity contribution in [2.24, 2.45) is 98.8 Å². The van der Waals surface area contributed by atoms with Crippen molar-refractivity contribution in [1.82, 2.24) is 5.32 Å². The average Bonchev–Trinajstić information content (AvgIpc) is 3.44. The topological polar surface area (TPSA) is 592 Å². The summed E-state index contributed by atoms with van der Waals surface area (Å²) in [4.78, 5) is 38.3. The van der Waals surface area contributed by atoms with Crippen LogP contribution in [-0.4, -0.2) is 208 Å². The monoisotopic (exact) mass is 1140 g/mol. The Morgan fingerprint density at radius 3 is 1.70 bits per heavy atom. The van der Waals surface area contributed by atoms with Crippen molar-refractivity contribution in [3.05, 3.63) is 60.2 Å². The number of nitrogens with zero attached hydrogens (tertiary/aromatic N) is 6. The van der Waals surface area contributed by atoms with Crippen LogP contribution in [0.25, 0.3) is 32.3 Å². The van der Waals surface area contributed by atoms with E-state index in [2.05, 4.69) is 83.8 Å². The molecule has 0 spiro atoms. The van der Waals surface area contributed by atoms with Gasteiger partial charge in [-0.1, -0.05) is 54.6 Å². The summed E-state index contributed by atoms with van der Waals surface area (Å²) in [6.45, 7) is -1.11. The Hall–Kier alpha value is -7.47. The minimum absolute atomic E-state index is 0.0437. The molecule has 32 heteroatoms. The van der Waals surface area contributed by atoms with Gasteiger partial charge in [-0.2, -0.15) is 0 Å². The van der Waals surface area contributed by atoms with E-state index in [9.17, 15) is 35.4 Å². The number of nitrogens with two attached hydrogens (primary N) is 12. The number of ether oxygens (including phenoxy) is 6. The standard InChI is InChI=1S/C49H73N19O13/c50-44(51)63-14-24-33(71)30(67-48(58)59)39(41(75)76-24)79-38-26(16-62-27(69)6-2-3-17-7-8-20-10-9-18-4-1-5-19-11-12-21(17)29(20)28(18)19)78-43(36(38)74)81-40-32(70)22(65-46(54)55)13-23(66-47(56)57)37(40)80-42-31(68-49(60)61)35(73)34(72)25(77-42)15-64-45(52)53/h1,4-5,7-12,22-26,30-43,70-75H,2-3,6,13-16H2,(H,62,69)(H4,50,51,63)(H4,52,53,64)(H4,54,55,65)(H4,56,57,66)(H4,58,59,67)(H4,60,61,68)/t22-,23+,24-,25-,26-,30-,31-,32+,33-,34-,35-,36-,37-,38-,39-,40-,41+,42-,43?/m1/s1. The van der Waals surface area contributed by atoms with Gasteiger partial charge < -0.3 is 133 Å². The molecule has 0 bridgehead atoms. The van der Waals surface area contributed by atoms with Gasteiger partial charge in [-0.3, -0.25) is 14.8 Å². The van der Waals surface area contributed by atoms with E-state index in [-0.39, 0.29) is 37.9 Å². The van der Waals surface area contributed by atoms with Crippen LogP contribution in [0.4, 0.5) is 0 Å². The first kappa shape index (κ1) is 59.6. The summed E-state index contributed by atoms with van der Waals surface area (Å²) >= 11 is 0. The lowest BCUT2D eigenvalue weighted by Crippen LogP contribution is -2.64. The highest BCUT2D eigenvalue weighted by Gasteiger charge is 2.56. The smallest absolute Gasteiger partial charge is 0.220 e. The molecule has 1 amide bonds. The quantitative estimate of drug-likeness (QED) is 0.0222. The fourth-order valence-electron chi connectivity index (χ4n) is 10.9. The normalized spacial score (nSPS) is 33.1. The Balaban J connectivity index is 1.09. The van der Waals surface area contributed by atoms with E-state index < -0.39 is 153 Å². The minimum Gasteiger partial charge on any atom is -0.388 e. The molecule has 0 radical (unpaired) electrons. The molecule has 4 aliphatic rings. The molecular weight excluding hydrogens is 1060 g/mol. The highest BCUT2D eigenvalue weighted by atomic mass is 16.7. The third-order valence-corrected chi connectivity index (χ3v) is 14.5. The molecule has 4 aromatic carbocycles. The van der Waals surface area contributed by atoms with Gasteiger partial charge in [0.25, 0.3) is 0 Å². The predicted molar refractivity (Wildman–Crippen MR) is 297 cm³/mol. The Bertz CT molecular complexity index is 2990. The van der Waals surface area contributed by atoms with Crippen LogP contribution in [-0.2, 0) is 39.6 Å². The third kappa shape index (κ3) is 13.7. The van der Waals surface area contributed by atoms with E-state index in [4.69, 9.17) is 97.2 Å². The van der Waals surface area contributed by atoms with Gasteiger partial charge in [0.15, 0.2) is 54.6 Å². The van der Waals surface area contributed by atoms with Gasteiger partial charge in [-0.25, -0.2) is 20.0 Å². The number of carbonyl (C=O) groups is 1. The van der Waals surface area contributed by atoms with Crippen molar-refractivity contribution in [2.45, 2.75) is 142 Å².